The fraction of sp³-hybridized carbons (Fsp3) is 0.304. The number of benzene rings is 2. The van der Waals surface area contributed by atoms with Crippen molar-refractivity contribution < 1.29 is 14.3 Å². The maximum Gasteiger partial charge on any atom is 0.278 e. The van der Waals surface area contributed by atoms with Gasteiger partial charge in [0.25, 0.3) is 11.8 Å². The van der Waals surface area contributed by atoms with E-state index >= 15 is 0 Å². The lowest BCUT2D eigenvalue weighted by Gasteiger charge is -2.14. The summed E-state index contributed by atoms with van der Waals surface area (Å²) in [5, 5.41) is 3.20. The van der Waals surface area contributed by atoms with Gasteiger partial charge in [0.05, 0.1) is 12.2 Å². The summed E-state index contributed by atoms with van der Waals surface area (Å²) in [6.45, 7) is 8.90. The lowest BCUT2D eigenvalue weighted by molar-refractivity contribution is -0.136. The van der Waals surface area contributed by atoms with Gasteiger partial charge in [-0.3, -0.25) is 14.5 Å². The van der Waals surface area contributed by atoms with Crippen LogP contribution in [0.1, 0.15) is 37.0 Å². The number of nitrogens with one attached hydrogen (secondary N) is 1. The smallest absolute Gasteiger partial charge is 0.278 e. The first-order valence-electron chi connectivity index (χ1n) is 9.64. The summed E-state index contributed by atoms with van der Waals surface area (Å²) in [5.74, 6) is 0.189. The van der Waals surface area contributed by atoms with Crippen LogP contribution in [0.15, 0.2) is 48.2 Å². The number of carbonyl (C=O) groups is 2. The highest BCUT2D eigenvalue weighted by Crippen LogP contribution is 2.31. The molecule has 146 valence electrons. The second kappa shape index (κ2) is 8.30. The van der Waals surface area contributed by atoms with Gasteiger partial charge in [-0.2, -0.15) is 0 Å². The number of imide groups is 1. The highest BCUT2D eigenvalue weighted by atomic mass is 16.5. The minimum Gasteiger partial charge on any atom is -0.494 e. The largest absolute Gasteiger partial charge is 0.494 e. The fourth-order valence-electron chi connectivity index (χ4n) is 3.23. The monoisotopic (exact) mass is 378 g/mol. The Morgan fingerprint density at radius 1 is 0.929 bits per heavy atom. The van der Waals surface area contributed by atoms with Crippen molar-refractivity contribution in [2.45, 2.75) is 34.1 Å². The number of nitrogens with zero attached hydrogens (tertiary/aromatic N) is 1. The molecule has 0 spiro atoms. The minimum absolute atomic E-state index is 0.262. The SMILES string of the molecule is CCCN1C(=O)C(Nc2ccc(C)c(C)c2)=C(c2ccc(OCC)cc2)C1=O. The second-order valence-corrected chi connectivity index (χ2v) is 6.89. The van der Waals surface area contributed by atoms with E-state index in [1.165, 1.54) is 10.5 Å². The molecule has 0 bridgehead atoms. The zero-order valence-electron chi connectivity index (χ0n) is 16.8. The van der Waals surface area contributed by atoms with Gasteiger partial charge in [0.1, 0.15) is 11.4 Å². The van der Waals surface area contributed by atoms with Crippen LogP contribution in [0.2, 0.25) is 0 Å². The third-order valence-electron chi connectivity index (χ3n) is 4.85. The van der Waals surface area contributed by atoms with Crippen LogP contribution < -0.4 is 10.1 Å². The first kappa shape index (κ1) is 19.7. The lowest BCUT2D eigenvalue weighted by Crippen LogP contribution is -2.33. The third-order valence-corrected chi connectivity index (χ3v) is 4.85. The lowest BCUT2D eigenvalue weighted by atomic mass is 10.0. The van der Waals surface area contributed by atoms with E-state index < -0.39 is 0 Å². The van der Waals surface area contributed by atoms with Gasteiger partial charge in [0.15, 0.2) is 0 Å². The fourth-order valence-corrected chi connectivity index (χ4v) is 3.23. The van der Waals surface area contributed by atoms with Crippen molar-refractivity contribution >= 4 is 23.1 Å². The van der Waals surface area contributed by atoms with Crippen molar-refractivity contribution in [3.63, 3.8) is 0 Å². The summed E-state index contributed by atoms with van der Waals surface area (Å²) in [6.07, 6.45) is 0.713. The Bertz CT molecular complexity index is 929. The molecule has 0 saturated heterocycles. The average Bonchev–Trinajstić information content (AvgIpc) is 2.90. The van der Waals surface area contributed by atoms with Crippen LogP contribution in [0.4, 0.5) is 5.69 Å². The maximum atomic E-state index is 13.0. The number of hydrogen-bond acceptors (Lipinski definition) is 4. The Morgan fingerprint density at radius 3 is 2.25 bits per heavy atom. The van der Waals surface area contributed by atoms with Gasteiger partial charge in [-0.05, 0) is 68.1 Å². The quantitative estimate of drug-likeness (QED) is 0.730. The molecule has 1 aliphatic rings. The molecule has 0 fully saturated rings. The standard InChI is InChI=1S/C23H26N2O3/c1-5-13-25-22(26)20(17-8-11-19(12-9-17)28-6-2)21(23(25)27)24-18-10-7-15(3)16(4)14-18/h7-12,14,24H,5-6,13H2,1-4H3. The number of ether oxygens (including phenoxy) is 1. The molecular weight excluding hydrogens is 352 g/mol. The molecule has 0 aromatic heterocycles. The molecule has 1 N–H and O–H groups in total. The number of amides is 2. The molecule has 3 rings (SSSR count). The highest BCUT2D eigenvalue weighted by Gasteiger charge is 2.38. The molecule has 1 heterocycles. The van der Waals surface area contributed by atoms with Crippen LogP contribution in [-0.2, 0) is 9.59 Å². The normalized spacial score (nSPS) is 14.1. The highest BCUT2D eigenvalue weighted by molar-refractivity contribution is 6.36. The number of hydrogen-bond donors (Lipinski definition) is 1. The van der Waals surface area contributed by atoms with E-state index in [4.69, 9.17) is 4.74 Å². The molecule has 1 aliphatic heterocycles. The van der Waals surface area contributed by atoms with Gasteiger partial charge >= 0.3 is 0 Å². The van der Waals surface area contributed by atoms with Crippen molar-refractivity contribution in [1.82, 2.24) is 4.90 Å². The molecule has 28 heavy (non-hydrogen) atoms. The topological polar surface area (TPSA) is 58.6 Å². The summed E-state index contributed by atoms with van der Waals surface area (Å²) in [7, 11) is 0. The molecule has 2 aromatic rings. The average molecular weight is 378 g/mol. The zero-order valence-corrected chi connectivity index (χ0v) is 16.8. The van der Waals surface area contributed by atoms with Gasteiger partial charge in [-0.1, -0.05) is 25.1 Å². The van der Waals surface area contributed by atoms with Crippen LogP contribution in [0.25, 0.3) is 5.57 Å². The zero-order chi connectivity index (χ0) is 20.3. The molecule has 5 nitrogen and oxygen atoms in total. The number of carbonyl (C=O) groups excluding carboxylic acids is 2. The van der Waals surface area contributed by atoms with Crippen molar-refractivity contribution in [2.24, 2.45) is 0 Å². The van der Waals surface area contributed by atoms with E-state index in [1.807, 2.05) is 70.2 Å². The third kappa shape index (κ3) is 3.79. The van der Waals surface area contributed by atoms with E-state index in [9.17, 15) is 9.59 Å². The molecular formula is C23H26N2O3. The molecule has 0 saturated carbocycles. The summed E-state index contributed by atoms with van der Waals surface area (Å²) < 4.78 is 5.48. The van der Waals surface area contributed by atoms with Gasteiger partial charge < -0.3 is 10.1 Å². The molecule has 0 aliphatic carbocycles. The predicted molar refractivity (Wildman–Crippen MR) is 111 cm³/mol. The molecule has 0 unspecified atom stereocenters. The van der Waals surface area contributed by atoms with E-state index in [2.05, 4.69) is 5.32 Å². The Kier molecular flexibility index (Phi) is 5.83. The molecule has 2 aromatic carbocycles. The molecule has 0 radical (unpaired) electrons. The van der Waals surface area contributed by atoms with Crippen molar-refractivity contribution in [3.05, 3.63) is 64.9 Å². The Hall–Kier alpha value is -3.08. The van der Waals surface area contributed by atoms with E-state index in [-0.39, 0.29) is 11.8 Å². The van der Waals surface area contributed by atoms with Crippen molar-refractivity contribution in [3.8, 4) is 5.75 Å². The van der Waals surface area contributed by atoms with Gasteiger partial charge in [0.2, 0.25) is 0 Å². The molecule has 2 amide bonds. The Labute approximate surface area is 166 Å². The van der Waals surface area contributed by atoms with E-state index in [0.717, 1.165) is 17.0 Å². The van der Waals surface area contributed by atoms with E-state index in [1.54, 1.807) is 0 Å². The van der Waals surface area contributed by atoms with Crippen LogP contribution in [0, 0.1) is 13.8 Å². The summed E-state index contributed by atoms with van der Waals surface area (Å²) in [6, 6.07) is 13.2. The van der Waals surface area contributed by atoms with E-state index in [0.29, 0.717) is 36.4 Å². The number of rotatable bonds is 7. The first-order chi connectivity index (χ1) is 13.5. The van der Waals surface area contributed by atoms with Crippen LogP contribution >= 0.6 is 0 Å². The Morgan fingerprint density at radius 2 is 1.64 bits per heavy atom. The van der Waals surface area contributed by atoms with Crippen LogP contribution in [0.3, 0.4) is 0 Å². The van der Waals surface area contributed by atoms with Gasteiger partial charge in [-0.25, -0.2) is 0 Å². The minimum atomic E-state index is -0.283. The summed E-state index contributed by atoms with van der Waals surface area (Å²) in [5.41, 5.74) is 4.52. The summed E-state index contributed by atoms with van der Waals surface area (Å²) >= 11 is 0. The molecule has 5 heteroatoms. The van der Waals surface area contributed by atoms with Crippen LogP contribution in [-0.4, -0.2) is 29.9 Å². The summed E-state index contributed by atoms with van der Waals surface area (Å²) in [4.78, 5) is 27.3. The predicted octanol–water partition coefficient (Wildman–Crippen LogP) is 4.30. The van der Waals surface area contributed by atoms with Crippen LogP contribution in [0.5, 0.6) is 5.75 Å². The van der Waals surface area contributed by atoms with Gasteiger partial charge in [-0.15, -0.1) is 0 Å². The Balaban J connectivity index is 2.03. The van der Waals surface area contributed by atoms with Gasteiger partial charge in [0, 0.05) is 12.2 Å². The second-order valence-electron chi connectivity index (χ2n) is 6.89. The maximum absolute atomic E-state index is 13.0. The first-order valence-corrected chi connectivity index (χ1v) is 9.64. The number of aryl methyl sites for hydroxylation is 2. The number of anilines is 1. The van der Waals surface area contributed by atoms with Crippen molar-refractivity contribution in [1.29, 1.82) is 0 Å². The molecule has 0 atom stereocenters. The van der Waals surface area contributed by atoms with Crippen molar-refractivity contribution in [2.75, 3.05) is 18.5 Å².